The van der Waals surface area contributed by atoms with Crippen molar-refractivity contribution in [1.29, 1.82) is 5.26 Å². The second kappa shape index (κ2) is 5.06. The molecule has 0 heterocycles. The molecule has 0 saturated heterocycles. The second-order valence-electron chi connectivity index (χ2n) is 3.39. The first kappa shape index (κ1) is 13.3. The zero-order valence-electron chi connectivity index (χ0n) is 9.85. The molecular formula is C11H13NO4S. The highest BCUT2D eigenvalue weighted by Crippen LogP contribution is 2.32. The molecule has 0 bridgehead atoms. The molecular weight excluding hydrogens is 242 g/mol. The van der Waals surface area contributed by atoms with Gasteiger partial charge in [0.05, 0.1) is 20.3 Å². The molecule has 1 aromatic rings. The number of benzene rings is 1. The minimum Gasteiger partial charge on any atom is -0.496 e. The van der Waals surface area contributed by atoms with Crippen LogP contribution in [0.3, 0.4) is 0 Å². The van der Waals surface area contributed by atoms with Crippen LogP contribution >= 0.6 is 0 Å². The topological polar surface area (TPSA) is 76.4 Å². The van der Waals surface area contributed by atoms with Gasteiger partial charge in [0.2, 0.25) is 0 Å². The van der Waals surface area contributed by atoms with Gasteiger partial charge in [0.15, 0.2) is 9.84 Å². The van der Waals surface area contributed by atoms with Crippen molar-refractivity contribution in [2.24, 2.45) is 0 Å². The molecule has 0 saturated carbocycles. The zero-order valence-corrected chi connectivity index (χ0v) is 10.7. The van der Waals surface area contributed by atoms with Crippen molar-refractivity contribution in [3.05, 3.63) is 17.7 Å². The van der Waals surface area contributed by atoms with Gasteiger partial charge in [-0.15, -0.1) is 0 Å². The van der Waals surface area contributed by atoms with Gasteiger partial charge in [-0.05, 0) is 18.6 Å². The number of methoxy groups -OCH3 is 2. The van der Waals surface area contributed by atoms with E-state index in [4.69, 9.17) is 14.7 Å². The van der Waals surface area contributed by atoms with E-state index in [1.54, 1.807) is 19.1 Å². The maximum Gasteiger partial charge on any atom is 0.195 e. The van der Waals surface area contributed by atoms with Crippen molar-refractivity contribution >= 4 is 9.84 Å². The molecule has 92 valence electrons. The van der Waals surface area contributed by atoms with Crippen molar-refractivity contribution in [2.75, 3.05) is 20.0 Å². The Bertz CT molecular complexity index is 558. The summed E-state index contributed by atoms with van der Waals surface area (Å²) in [5.41, 5.74) is 0.764. The van der Waals surface area contributed by atoms with E-state index in [9.17, 15) is 8.42 Å². The Morgan fingerprint density at radius 2 is 1.82 bits per heavy atom. The molecule has 0 spiro atoms. The van der Waals surface area contributed by atoms with Crippen LogP contribution in [0.1, 0.15) is 5.56 Å². The van der Waals surface area contributed by atoms with E-state index in [1.807, 2.05) is 0 Å². The molecule has 0 aliphatic heterocycles. The lowest BCUT2D eigenvalue weighted by molar-refractivity contribution is 0.390. The van der Waals surface area contributed by atoms with Crippen LogP contribution in [0.15, 0.2) is 17.0 Å². The number of hydrogen-bond donors (Lipinski definition) is 0. The van der Waals surface area contributed by atoms with Gasteiger partial charge >= 0.3 is 0 Å². The summed E-state index contributed by atoms with van der Waals surface area (Å²) >= 11 is 0. The van der Waals surface area contributed by atoms with Crippen LogP contribution < -0.4 is 9.47 Å². The smallest absolute Gasteiger partial charge is 0.195 e. The number of nitrogens with zero attached hydrogens (tertiary/aromatic N) is 1. The number of aryl methyl sites for hydroxylation is 1. The lowest BCUT2D eigenvalue weighted by atomic mass is 10.2. The largest absolute Gasteiger partial charge is 0.496 e. The van der Waals surface area contributed by atoms with Crippen LogP contribution in [0.4, 0.5) is 0 Å². The van der Waals surface area contributed by atoms with E-state index in [2.05, 4.69) is 0 Å². The van der Waals surface area contributed by atoms with Gasteiger partial charge in [-0.1, -0.05) is 0 Å². The van der Waals surface area contributed by atoms with E-state index in [-0.39, 0.29) is 10.6 Å². The third kappa shape index (κ3) is 2.68. The summed E-state index contributed by atoms with van der Waals surface area (Å²) in [4.78, 5) is -0.0241. The van der Waals surface area contributed by atoms with E-state index >= 15 is 0 Å². The van der Waals surface area contributed by atoms with E-state index < -0.39 is 15.6 Å². The van der Waals surface area contributed by atoms with Gasteiger partial charge in [-0.3, -0.25) is 0 Å². The third-order valence-electron chi connectivity index (χ3n) is 2.27. The lowest BCUT2D eigenvalue weighted by Gasteiger charge is -2.12. The molecule has 0 aliphatic rings. The summed E-state index contributed by atoms with van der Waals surface area (Å²) in [7, 11) is -0.833. The fourth-order valence-electron chi connectivity index (χ4n) is 1.43. The van der Waals surface area contributed by atoms with Crippen molar-refractivity contribution in [2.45, 2.75) is 11.8 Å². The summed E-state index contributed by atoms with van der Waals surface area (Å²) in [6, 6.07) is 4.57. The van der Waals surface area contributed by atoms with Crippen LogP contribution in [0.2, 0.25) is 0 Å². The highest BCUT2D eigenvalue weighted by Gasteiger charge is 2.21. The molecule has 1 rings (SSSR count). The van der Waals surface area contributed by atoms with E-state index in [0.29, 0.717) is 5.75 Å². The number of sulfone groups is 1. The van der Waals surface area contributed by atoms with Gasteiger partial charge < -0.3 is 9.47 Å². The van der Waals surface area contributed by atoms with E-state index in [0.717, 1.165) is 5.56 Å². The molecule has 0 aliphatic carbocycles. The molecule has 5 nitrogen and oxygen atoms in total. The molecule has 0 radical (unpaired) electrons. The average molecular weight is 255 g/mol. The monoisotopic (exact) mass is 255 g/mol. The first-order valence-corrected chi connectivity index (χ1v) is 6.44. The fraction of sp³-hybridized carbons (Fsp3) is 0.364. The molecule has 6 heteroatoms. The molecule has 17 heavy (non-hydrogen) atoms. The number of ether oxygens (including phenoxy) is 2. The molecule has 0 amide bonds. The Kier molecular flexibility index (Phi) is 3.97. The molecule has 0 aromatic heterocycles. The van der Waals surface area contributed by atoms with Crippen LogP contribution in [0.25, 0.3) is 0 Å². The molecule has 1 aromatic carbocycles. The summed E-state index contributed by atoms with van der Waals surface area (Å²) in [5.74, 6) is 0.0797. The van der Waals surface area contributed by atoms with Crippen LogP contribution in [0.5, 0.6) is 11.5 Å². The first-order valence-electron chi connectivity index (χ1n) is 4.78. The highest BCUT2D eigenvalue weighted by atomic mass is 32.2. The Morgan fingerprint density at radius 1 is 1.24 bits per heavy atom. The summed E-state index contributed by atoms with van der Waals surface area (Å²) in [5, 5.41) is 8.51. The third-order valence-corrected chi connectivity index (χ3v) is 3.77. The first-order chi connectivity index (χ1) is 7.96. The fourth-order valence-corrected chi connectivity index (χ4v) is 2.49. The van der Waals surface area contributed by atoms with Crippen molar-refractivity contribution in [3.63, 3.8) is 0 Å². The quantitative estimate of drug-likeness (QED) is 0.810. The van der Waals surface area contributed by atoms with Crippen LogP contribution in [-0.4, -0.2) is 28.4 Å². The average Bonchev–Trinajstić information content (AvgIpc) is 2.28. The van der Waals surface area contributed by atoms with Crippen LogP contribution in [-0.2, 0) is 9.84 Å². The Labute approximate surface area is 101 Å². The molecule has 0 fully saturated rings. The van der Waals surface area contributed by atoms with Gasteiger partial charge in [0, 0.05) is 6.07 Å². The predicted molar refractivity (Wildman–Crippen MR) is 61.9 cm³/mol. The molecule has 0 unspecified atom stereocenters. The summed E-state index contributed by atoms with van der Waals surface area (Å²) in [6.45, 7) is 1.78. The Morgan fingerprint density at radius 3 is 2.29 bits per heavy atom. The highest BCUT2D eigenvalue weighted by molar-refractivity contribution is 7.91. The van der Waals surface area contributed by atoms with Crippen molar-refractivity contribution in [3.8, 4) is 17.6 Å². The van der Waals surface area contributed by atoms with E-state index in [1.165, 1.54) is 20.3 Å². The van der Waals surface area contributed by atoms with Crippen molar-refractivity contribution < 1.29 is 17.9 Å². The van der Waals surface area contributed by atoms with Crippen LogP contribution in [0, 0.1) is 18.3 Å². The van der Waals surface area contributed by atoms with Crippen molar-refractivity contribution in [1.82, 2.24) is 0 Å². The minimum atomic E-state index is -3.67. The normalized spacial score (nSPS) is 10.7. The number of rotatable bonds is 4. The zero-order chi connectivity index (χ0) is 13.1. The number of nitriles is 1. The van der Waals surface area contributed by atoms with Gasteiger partial charge in [0.1, 0.15) is 22.1 Å². The Balaban J connectivity index is 3.47. The number of hydrogen-bond acceptors (Lipinski definition) is 5. The predicted octanol–water partition coefficient (Wildman–Crippen LogP) is 1.31. The second-order valence-corrected chi connectivity index (χ2v) is 5.35. The minimum absolute atomic E-state index is 0.0241. The maximum absolute atomic E-state index is 11.8. The standard InChI is InChI=1S/C11H13NO4S/c1-8-6-10(16-3)11(7-9(8)15-2)17(13,14)5-4-12/h6-7H,5H2,1-3H3. The summed E-state index contributed by atoms with van der Waals surface area (Å²) in [6.07, 6.45) is 0. The van der Waals surface area contributed by atoms with Gasteiger partial charge in [-0.2, -0.15) is 5.26 Å². The Hall–Kier alpha value is -1.74. The summed E-state index contributed by atoms with van der Waals surface area (Å²) < 4.78 is 33.7. The van der Waals surface area contributed by atoms with Gasteiger partial charge in [-0.25, -0.2) is 8.42 Å². The van der Waals surface area contributed by atoms with Gasteiger partial charge in [0.25, 0.3) is 0 Å². The molecule has 0 N–H and O–H groups in total. The SMILES string of the molecule is COc1cc(S(=O)(=O)CC#N)c(OC)cc1C. The molecule has 0 atom stereocenters. The maximum atomic E-state index is 11.8. The lowest BCUT2D eigenvalue weighted by Crippen LogP contribution is -2.08.